The Hall–Kier alpha value is -3.41. The number of carbonyl (C=O) groups is 1. The van der Waals surface area contributed by atoms with Gasteiger partial charge < -0.3 is 15.0 Å². The zero-order valence-corrected chi connectivity index (χ0v) is 16.1. The Bertz CT molecular complexity index is 1030. The highest BCUT2D eigenvalue weighted by molar-refractivity contribution is 5.90. The number of nitrogens with zero attached hydrogens (tertiary/aromatic N) is 3. The lowest BCUT2D eigenvalue weighted by Crippen LogP contribution is -2.25. The van der Waals surface area contributed by atoms with Crippen LogP contribution in [0.25, 0.3) is 0 Å². The molecule has 0 bridgehead atoms. The Morgan fingerprint density at radius 2 is 1.96 bits per heavy atom. The van der Waals surface area contributed by atoms with Crippen molar-refractivity contribution in [3.63, 3.8) is 0 Å². The molecule has 1 unspecified atom stereocenters. The van der Waals surface area contributed by atoms with E-state index in [9.17, 15) is 4.79 Å². The summed E-state index contributed by atoms with van der Waals surface area (Å²) in [6.07, 6.45) is 0.989. The Labute approximate surface area is 164 Å². The highest BCUT2D eigenvalue weighted by Gasteiger charge is 2.28. The molecule has 142 valence electrons. The normalized spacial score (nSPS) is 15.2. The molecule has 28 heavy (non-hydrogen) atoms. The first kappa shape index (κ1) is 18.0. The zero-order chi connectivity index (χ0) is 19.7. The third-order valence-corrected chi connectivity index (χ3v) is 4.83. The van der Waals surface area contributed by atoms with Crippen molar-refractivity contribution in [2.45, 2.75) is 26.3 Å². The van der Waals surface area contributed by atoms with E-state index in [-0.39, 0.29) is 5.97 Å². The van der Waals surface area contributed by atoms with Gasteiger partial charge in [0.05, 0.1) is 12.7 Å². The lowest BCUT2D eigenvalue weighted by Gasteiger charge is -2.24. The zero-order valence-electron chi connectivity index (χ0n) is 16.1. The topological polar surface area (TPSA) is 67.3 Å². The standard InChI is InChI=1S/C22H22N4O2/c1-14-11-20(26-15(2)12-16-7-4-5-10-19(16)26)25-22(23-14)24-18-9-6-8-17(13-18)21(27)28-3/h4-11,13,15H,12H2,1-3H3,(H,23,24,25). The van der Waals surface area contributed by atoms with Crippen LogP contribution in [-0.4, -0.2) is 29.1 Å². The number of fused-ring (bicyclic) bond motifs is 1. The second-order valence-electron chi connectivity index (χ2n) is 6.94. The summed E-state index contributed by atoms with van der Waals surface area (Å²) >= 11 is 0. The van der Waals surface area contributed by atoms with Crippen molar-refractivity contribution < 1.29 is 9.53 Å². The first-order valence-corrected chi connectivity index (χ1v) is 9.23. The molecule has 0 amide bonds. The molecular formula is C22H22N4O2. The quantitative estimate of drug-likeness (QED) is 0.683. The molecule has 0 saturated carbocycles. The van der Waals surface area contributed by atoms with Gasteiger partial charge in [-0.1, -0.05) is 24.3 Å². The molecule has 1 N–H and O–H groups in total. The summed E-state index contributed by atoms with van der Waals surface area (Å²) in [6, 6.07) is 17.8. The number of hydrogen-bond acceptors (Lipinski definition) is 6. The van der Waals surface area contributed by atoms with Crippen LogP contribution in [0, 0.1) is 6.92 Å². The minimum atomic E-state index is -0.378. The number of carbonyl (C=O) groups excluding carboxylic acids is 1. The number of benzene rings is 2. The minimum Gasteiger partial charge on any atom is -0.465 e. The Morgan fingerprint density at radius 1 is 1.14 bits per heavy atom. The second-order valence-corrected chi connectivity index (χ2v) is 6.94. The summed E-state index contributed by atoms with van der Waals surface area (Å²) in [6.45, 7) is 4.15. The summed E-state index contributed by atoms with van der Waals surface area (Å²) in [5.74, 6) is 0.974. The van der Waals surface area contributed by atoms with E-state index >= 15 is 0 Å². The third-order valence-electron chi connectivity index (χ3n) is 4.83. The van der Waals surface area contributed by atoms with Crippen LogP contribution < -0.4 is 10.2 Å². The maximum Gasteiger partial charge on any atom is 0.337 e. The molecule has 6 heteroatoms. The number of esters is 1. The van der Waals surface area contributed by atoms with Gasteiger partial charge in [-0.25, -0.2) is 9.78 Å². The number of ether oxygens (including phenoxy) is 1. The number of hydrogen-bond donors (Lipinski definition) is 1. The van der Waals surface area contributed by atoms with Gasteiger partial charge in [0.2, 0.25) is 5.95 Å². The van der Waals surface area contributed by atoms with E-state index < -0.39 is 0 Å². The van der Waals surface area contributed by atoms with Crippen LogP contribution in [0.3, 0.4) is 0 Å². The van der Waals surface area contributed by atoms with E-state index in [0.717, 1.165) is 23.6 Å². The maximum atomic E-state index is 11.8. The van der Waals surface area contributed by atoms with Gasteiger partial charge in [0.1, 0.15) is 5.82 Å². The van der Waals surface area contributed by atoms with E-state index in [1.54, 1.807) is 18.2 Å². The second kappa shape index (κ2) is 7.31. The molecule has 1 aromatic heterocycles. The molecule has 2 aromatic carbocycles. The van der Waals surface area contributed by atoms with E-state index in [1.807, 2.05) is 19.1 Å². The van der Waals surface area contributed by atoms with Crippen molar-refractivity contribution in [2.24, 2.45) is 0 Å². The fourth-order valence-corrected chi connectivity index (χ4v) is 3.62. The monoisotopic (exact) mass is 374 g/mol. The molecule has 1 atom stereocenters. The van der Waals surface area contributed by atoms with Crippen LogP contribution >= 0.6 is 0 Å². The summed E-state index contributed by atoms with van der Waals surface area (Å²) in [7, 11) is 1.37. The molecular weight excluding hydrogens is 352 g/mol. The largest absolute Gasteiger partial charge is 0.465 e. The highest BCUT2D eigenvalue weighted by Crippen LogP contribution is 2.37. The number of para-hydroxylation sites is 1. The average molecular weight is 374 g/mol. The Morgan fingerprint density at radius 3 is 2.79 bits per heavy atom. The van der Waals surface area contributed by atoms with E-state index in [2.05, 4.69) is 46.4 Å². The number of aryl methyl sites for hydroxylation is 1. The van der Waals surface area contributed by atoms with Crippen molar-refractivity contribution >= 4 is 29.1 Å². The predicted molar refractivity (Wildman–Crippen MR) is 110 cm³/mol. The van der Waals surface area contributed by atoms with Gasteiger partial charge in [0.15, 0.2) is 0 Å². The molecule has 2 heterocycles. The lowest BCUT2D eigenvalue weighted by molar-refractivity contribution is 0.0601. The van der Waals surface area contributed by atoms with Gasteiger partial charge in [0, 0.05) is 29.2 Å². The van der Waals surface area contributed by atoms with Gasteiger partial charge in [-0.3, -0.25) is 0 Å². The highest BCUT2D eigenvalue weighted by atomic mass is 16.5. The lowest BCUT2D eigenvalue weighted by atomic mass is 10.1. The number of nitrogens with one attached hydrogen (secondary N) is 1. The van der Waals surface area contributed by atoms with Crippen LogP contribution in [0.1, 0.15) is 28.5 Å². The number of methoxy groups -OCH3 is 1. The van der Waals surface area contributed by atoms with Crippen LogP contribution in [0.15, 0.2) is 54.6 Å². The van der Waals surface area contributed by atoms with Crippen molar-refractivity contribution in [3.8, 4) is 0 Å². The van der Waals surface area contributed by atoms with Gasteiger partial charge >= 0.3 is 5.97 Å². The molecule has 4 rings (SSSR count). The number of rotatable bonds is 4. The molecule has 1 aliphatic heterocycles. The Kier molecular flexibility index (Phi) is 4.69. The summed E-state index contributed by atoms with van der Waals surface area (Å²) < 4.78 is 4.79. The van der Waals surface area contributed by atoms with Crippen molar-refractivity contribution in [3.05, 3.63) is 71.4 Å². The van der Waals surface area contributed by atoms with Gasteiger partial charge in [-0.2, -0.15) is 4.98 Å². The van der Waals surface area contributed by atoms with Crippen LogP contribution in [0.5, 0.6) is 0 Å². The first-order chi connectivity index (χ1) is 13.5. The molecule has 0 saturated heterocycles. The molecule has 0 spiro atoms. The maximum absolute atomic E-state index is 11.8. The van der Waals surface area contributed by atoms with E-state index in [0.29, 0.717) is 17.6 Å². The molecule has 0 fully saturated rings. The fraction of sp³-hybridized carbons (Fsp3) is 0.227. The SMILES string of the molecule is COC(=O)c1cccc(Nc2nc(C)cc(N3c4ccccc4CC3C)n2)c1. The summed E-state index contributed by atoms with van der Waals surface area (Å²) in [5.41, 5.74) is 4.59. The molecule has 0 radical (unpaired) electrons. The fourth-order valence-electron chi connectivity index (χ4n) is 3.62. The number of anilines is 4. The van der Waals surface area contributed by atoms with Gasteiger partial charge in [0.25, 0.3) is 0 Å². The third kappa shape index (κ3) is 3.41. The Balaban J connectivity index is 1.66. The van der Waals surface area contributed by atoms with Crippen LogP contribution in [0.2, 0.25) is 0 Å². The van der Waals surface area contributed by atoms with E-state index in [4.69, 9.17) is 9.72 Å². The van der Waals surface area contributed by atoms with Crippen molar-refractivity contribution in [1.82, 2.24) is 9.97 Å². The van der Waals surface area contributed by atoms with Gasteiger partial charge in [-0.05, 0) is 50.1 Å². The summed E-state index contributed by atoms with van der Waals surface area (Å²) in [4.78, 5) is 23.3. The smallest absolute Gasteiger partial charge is 0.337 e. The summed E-state index contributed by atoms with van der Waals surface area (Å²) in [5, 5.41) is 3.21. The average Bonchev–Trinajstić information content (AvgIpc) is 3.02. The molecule has 0 aliphatic carbocycles. The van der Waals surface area contributed by atoms with Crippen molar-refractivity contribution in [2.75, 3.05) is 17.3 Å². The predicted octanol–water partition coefficient (Wildman–Crippen LogP) is 4.40. The first-order valence-electron chi connectivity index (χ1n) is 9.23. The molecule has 6 nitrogen and oxygen atoms in total. The van der Waals surface area contributed by atoms with E-state index in [1.165, 1.54) is 18.4 Å². The van der Waals surface area contributed by atoms with Gasteiger partial charge in [-0.15, -0.1) is 0 Å². The van der Waals surface area contributed by atoms with Crippen molar-refractivity contribution in [1.29, 1.82) is 0 Å². The van der Waals surface area contributed by atoms with Crippen LogP contribution in [0.4, 0.5) is 23.1 Å². The molecule has 1 aliphatic rings. The number of aromatic nitrogens is 2. The van der Waals surface area contributed by atoms with Crippen LogP contribution in [-0.2, 0) is 11.2 Å². The molecule has 3 aromatic rings. The minimum absolute atomic E-state index is 0.321.